The largest absolute Gasteiger partial charge is 0.383 e. The first kappa shape index (κ1) is 13.6. The summed E-state index contributed by atoms with van der Waals surface area (Å²) < 4.78 is 1.16. The van der Waals surface area contributed by atoms with Gasteiger partial charge < -0.3 is 10.4 Å². The monoisotopic (exact) mass is 289 g/mol. The summed E-state index contributed by atoms with van der Waals surface area (Å²) in [6, 6.07) is 10.1. The molecule has 20 heavy (non-hydrogen) atoms. The Hall–Kier alpha value is -1.39. The smallest absolute Gasteiger partial charge is 0.223 e. The van der Waals surface area contributed by atoms with Gasteiger partial charge in [0.2, 0.25) is 5.91 Å². The molecule has 1 aromatic carbocycles. The van der Waals surface area contributed by atoms with E-state index in [9.17, 15) is 9.90 Å². The van der Waals surface area contributed by atoms with Crippen LogP contribution in [0.25, 0.3) is 10.1 Å². The molecular weight excluding hydrogens is 270 g/mol. The Labute approximate surface area is 122 Å². The van der Waals surface area contributed by atoms with Gasteiger partial charge in [0.25, 0.3) is 0 Å². The normalized spacial score (nSPS) is 18.5. The number of hydrogen-bond acceptors (Lipinski definition) is 3. The quantitative estimate of drug-likeness (QED) is 0.909. The van der Waals surface area contributed by atoms with Crippen LogP contribution in [0.5, 0.6) is 0 Å². The highest BCUT2D eigenvalue weighted by molar-refractivity contribution is 7.19. The molecule has 1 saturated carbocycles. The first-order valence-corrected chi connectivity index (χ1v) is 7.87. The maximum Gasteiger partial charge on any atom is 0.223 e. The van der Waals surface area contributed by atoms with E-state index in [2.05, 4.69) is 5.32 Å². The van der Waals surface area contributed by atoms with Crippen molar-refractivity contribution in [2.24, 2.45) is 5.92 Å². The van der Waals surface area contributed by atoms with E-state index in [0.717, 1.165) is 34.2 Å². The molecule has 0 saturated heterocycles. The number of aliphatic hydroxyl groups is 1. The van der Waals surface area contributed by atoms with Gasteiger partial charge in [-0.1, -0.05) is 24.6 Å². The maximum absolute atomic E-state index is 11.9. The van der Waals surface area contributed by atoms with Crippen LogP contribution in [0.2, 0.25) is 0 Å². The van der Waals surface area contributed by atoms with Crippen molar-refractivity contribution in [1.82, 2.24) is 5.32 Å². The second-order valence-corrected chi connectivity index (χ2v) is 6.85. The highest BCUT2D eigenvalue weighted by atomic mass is 32.1. The molecule has 3 nitrogen and oxygen atoms in total. The molecule has 0 unspecified atom stereocenters. The molecule has 0 spiro atoms. The molecular formula is C16H19NO2S. The van der Waals surface area contributed by atoms with E-state index < -0.39 is 5.60 Å². The van der Waals surface area contributed by atoms with Crippen LogP contribution in [-0.2, 0) is 10.4 Å². The lowest BCUT2D eigenvalue weighted by molar-refractivity contribution is -0.128. The van der Waals surface area contributed by atoms with Gasteiger partial charge >= 0.3 is 0 Å². The van der Waals surface area contributed by atoms with Gasteiger partial charge in [-0.05, 0) is 37.3 Å². The maximum atomic E-state index is 11.9. The van der Waals surface area contributed by atoms with Crippen LogP contribution in [-0.4, -0.2) is 17.6 Å². The third kappa shape index (κ3) is 2.58. The Bertz CT molecular complexity index is 595. The van der Waals surface area contributed by atoms with Crippen molar-refractivity contribution < 1.29 is 9.90 Å². The van der Waals surface area contributed by atoms with Crippen LogP contribution in [0.3, 0.4) is 0 Å². The lowest BCUT2D eigenvalue weighted by atomic mass is 9.84. The summed E-state index contributed by atoms with van der Waals surface area (Å²) in [5.74, 6) is 0.242. The van der Waals surface area contributed by atoms with Gasteiger partial charge in [-0.2, -0.15) is 0 Å². The lowest BCUT2D eigenvalue weighted by Gasteiger charge is -2.27. The van der Waals surface area contributed by atoms with Gasteiger partial charge in [-0.15, -0.1) is 11.3 Å². The molecule has 1 heterocycles. The molecule has 1 aliphatic carbocycles. The minimum absolute atomic E-state index is 0.0811. The summed E-state index contributed by atoms with van der Waals surface area (Å²) in [5, 5.41) is 14.6. The minimum Gasteiger partial charge on any atom is -0.383 e. The summed E-state index contributed by atoms with van der Waals surface area (Å²) in [6.45, 7) is 2.04. The topological polar surface area (TPSA) is 49.3 Å². The van der Waals surface area contributed by atoms with Gasteiger partial charge in [0, 0.05) is 15.5 Å². The Balaban J connectivity index is 1.71. The Morgan fingerprint density at radius 3 is 2.85 bits per heavy atom. The molecule has 1 amide bonds. The molecule has 106 valence electrons. The van der Waals surface area contributed by atoms with E-state index in [4.69, 9.17) is 0 Å². The third-order valence-electron chi connectivity index (χ3n) is 4.04. The molecule has 1 aromatic heterocycles. The van der Waals surface area contributed by atoms with Crippen LogP contribution < -0.4 is 5.32 Å². The van der Waals surface area contributed by atoms with E-state index in [1.54, 1.807) is 18.3 Å². The van der Waals surface area contributed by atoms with Gasteiger partial charge in [-0.25, -0.2) is 0 Å². The van der Waals surface area contributed by atoms with E-state index in [1.165, 1.54) is 0 Å². The Morgan fingerprint density at radius 2 is 2.20 bits per heavy atom. The van der Waals surface area contributed by atoms with E-state index >= 15 is 0 Å². The van der Waals surface area contributed by atoms with Gasteiger partial charge in [-0.3, -0.25) is 4.79 Å². The number of nitrogens with one attached hydrogen (secondary N) is 1. The van der Waals surface area contributed by atoms with Crippen LogP contribution in [0.1, 0.15) is 31.1 Å². The highest BCUT2D eigenvalue weighted by Crippen LogP contribution is 2.33. The molecule has 3 rings (SSSR count). The molecule has 1 fully saturated rings. The molecule has 0 bridgehead atoms. The standard InChI is InChI=1S/C16H19NO2S/c1-16(19,10-17-15(18)11-6-4-7-11)14-9-12-5-2-3-8-13(12)20-14/h2-3,5,8-9,11,19H,4,6-7,10H2,1H3,(H,17,18)/t16-/m0/s1. The average Bonchev–Trinajstić information content (AvgIpc) is 2.79. The van der Waals surface area contributed by atoms with Crippen molar-refractivity contribution >= 4 is 27.3 Å². The number of carbonyl (C=O) groups is 1. The Morgan fingerprint density at radius 1 is 1.45 bits per heavy atom. The summed E-state index contributed by atoms with van der Waals surface area (Å²) in [5.41, 5.74) is -1.01. The van der Waals surface area contributed by atoms with E-state index in [0.29, 0.717) is 0 Å². The zero-order valence-corrected chi connectivity index (χ0v) is 12.4. The van der Waals surface area contributed by atoms with Crippen LogP contribution in [0.4, 0.5) is 0 Å². The summed E-state index contributed by atoms with van der Waals surface area (Å²) in [7, 11) is 0. The molecule has 1 aliphatic rings. The van der Waals surface area contributed by atoms with Crippen molar-refractivity contribution in [2.75, 3.05) is 6.54 Å². The molecule has 4 heteroatoms. The fourth-order valence-corrected chi connectivity index (χ4v) is 3.51. The molecule has 2 N–H and O–H groups in total. The lowest BCUT2D eigenvalue weighted by Crippen LogP contribution is -2.42. The summed E-state index contributed by atoms with van der Waals surface area (Å²) in [4.78, 5) is 12.8. The van der Waals surface area contributed by atoms with Crippen LogP contribution in [0, 0.1) is 5.92 Å². The zero-order valence-electron chi connectivity index (χ0n) is 11.6. The Kier molecular flexibility index (Phi) is 3.52. The molecule has 0 radical (unpaired) electrons. The third-order valence-corrected chi connectivity index (χ3v) is 5.41. The summed E-state index contributed by atoms with van der Waals surface area (Å²) >= 11 is 1.58. The first-order chi connectivity index (χ1) is 9.56. The van der Waals surface area contributed by atoms with Gasteiger partial charge in [0.1, 0.15) is 5.60 Å². The molecule has 0 aliphatic heterocycles. The van der Waals surface area contributed by atoms with E-state index in [-0.39, 0.29) is 18.4 Å². The van der Waals surface area contributed by atoms with Crippen molar-refractivity contribution in [1.29, 1.82) is 0 Å². The van der Waals surface area contributed by atoms with Crippen molar-refractivity contribution in [3.8, 4) is 0 Å². The van der Waals surface area contributed by atoms with Crippen molar-refractivity contribution in [2.45, 2.75) is 31.8 Å². The van der Waals surface area contributed by atoms with Crippen molar-refractivity contribution in [3.63, 3.8) is 0 Å². The number of hydrogen-bond donors (Lipinski definition) is 2. The van der Waals surface area contributed by atoms with Gasteiger partial charge in [0.05, 0.1) is 6.54 Å². The number of rotatable bonds is 4. The predicted molar refractivity (Wildman–Crippen MR) is 81.7 cm³/mol. The molecule has 2 aromatic rings. The average molecular weight is 289 g/mol. The highest BCUT2D eigenvalue weighted by Gasteiger charge is 2.29. The molecule has 1 atom stereocenters. The number of thiophene rings is 1. The SMILES string of the molecule is C[C@](O)(CNC(=O)C1CCC1)c1cc2ccccc2s1. The predicted octanol–water partition coefficient (Wildman–Crippen LogP) is 3.03. The minimum atomic E-state index is -1.01. The number of fused-ring (bicyclic) bond motifs is 1. The number of carbonyl (C=O) groups excluding carboxylic acids is 1. The van der Waals surface area contributed by atoms with E-state index in [1.807, 2.05) is 30.3 Å². The fourth-order valence-electron chi connectivity index (χ4n) is 2.41. The first-order valence-electron chi connectivity index (χ1n) is 7.05. The summed E-state index contributed by atoms with van der Waals surface area (Å²) in [6.07, 6.45) is 3.11. The van der Waals surface area contributed by atoms with Crippen LogP contribution >= 0.6 is 11.3 Å². The fraction of sp³-hybridized carbons (Fsp3) is 0.438. The second kappa shape index (κ2) is 5.19. The van der Waals surface area contributed by atoms with Gasteiger partial charge in [0.15, 0.2) is 0 Å². The second-order valence-electron chi connectivity index (χ2n) is 5.77. The number of amides is 1. The zero-order chi connectivity index (χ0) is 14.2. The van der Waals surface area contributed by atoms with Crippen LogP contribution in [0.15, 0.2) is 30.3 Å². The number of benzene rings is 1. The van der Waals surface area contributed by atoms with Crippen molar-refractivity contribution in [3.05, 3.63) is 35.2 Å².